The topological polar surface area (TPSA) is 0 Å². The Balaban J connectivity index is 2.06. The Morgan fingerprint density at radius 1 is 0.314 bits per heavy atom. The summed E-state index contributed by atoms with van der Waals surface area (Å²) in [6.45, 7) is 35.2. The lowest BCUT2D eigenvalue weighted by molar-refractivity contribution is 1.22. The first kappa shape index (κ1) is 54.6. The van der Waals surface area contributed by atoms with Crippen LogP contribution in [0.2, 0.25) is 0 Å². The number of benzene rings is 7. The van der Waals surface area contributed by atoms with Gasteiger partial charge in [0.2, 0.25) is 0 Å². The van der Waals surface area contributed by atoms with Crippen LogP contribution < -0.4 is 27.3 Å². The van der Waals surface area contributed by atoms with Crippen LogP contribution in [0, 0.1) is 118 Å². The average Bonchev–Trinajstić information content (AvgIpc) is 3.31. The molecule has 0 aromatic heterocycles. The van der Waals surface area contributed by atoms with E-state index in [1.807, 2.05) is 13.8 Å². The van der Waals surface area contributed by atoms with Gasteiger partial charge in [0.25, 0.3) is 0 Å². The summed E-state index contributed by atoms with van der Waals surface area (Å²) in [5.41, 5.74) is 26.9. The van der Waals surface area contributed by atoms with Crippen LogP contribution in [0.1, 0.15) is 94.6 Å². The van der Waals surface area contributed by atoms with Crippen LogP contribution in [0.5, 0.6) is 0 Å². The van der Waals surface area contributed by atoms with E-state index in [4.69, 9.17) is 85.2 Å². The van der Waals surface area contributed by atoms with Gasteiger partial charge in [-0.25, -0.2) is 0 Å². The fourth-order valence-electron chi connectivity index (χ4n) is 12.6. The van der Waals surface area contributed by atoms with Gasteiger partial charge >= 0.3 is 0 Å². The predicted octanol–water partition coefficient (Wildman–Crippen LogP) is 3.51. The standard InChI is InChI=1S/C51H51B19/c1-18-19(2)27(10)36-35(25(18)8)26(9)24(7)32(15)37(36)42-38-28(11)20(3)22(5)30(13)40(38)43(41-31(14)23(6)21(4)29(12)39(41)42)44-45-46(47(52)48(63-53)51(44)65(55)56)50(67(69(60)61)70(62)64-54)34(17)33(16)49(45)66(57)68(58)59/h1-17H3. The highest BCUT2D eigenvalue weighted by Crippen LogP contribution is 2.54. The molecule has 19 heteroatoms. The third-order valence-corrected chi connectivity index (χ3v) is 17.8. The Labute approximate surface area is 440 Å². The van der Waals surface area contributed by atoms with Crippen molar-refractivity contribution in [3.63, 3.8) is 0 Å². The third kappa shape index (κ3) is 7.73. The summed E-state index contributed by atoms with van der Waals surface area (Å²) in [6.07, 6.45) is -2.72. The number of rotatable bonds is 10. The molecule has 24 radical (unpaired) electrons. The van der Waals surface area contributed by atoms with Crippen LogP contribution in [-0.2, 0) is 0 Å². The van der Waals surface area contributed by atoms with E-state index < -0.39 is 38.6 Å². The van der Waals surface area contributed by atoms with E-state index in [1.165, 1.54) is 108 Å². The summed E-state index contributed by atoms with van der Waals surface area (Å²) in [7, 11) is 79.0. The lowest BCUT2D eigenvalue weighted by Crippen LogP contribution is -2.64. The van der Waals surface area contributed by atoms with Gasteiger partial charge in [-0.1, -0.05) is 33.0 Å². The molecule has 7 aromatic carbocycles. The van der Waals surface area contributed by atoms with Crippen molar-refractivity contribution in [1.82, 2.24) is 0 Å². The Morgan fingerprint density at radius 3 is 1.00 bits per heavy atom. The van der Waals surface area contributed by atoms with Crippen LogP contribution >= 0.6 is 0 Å². The number of aryl methyl sites for hydroxylation is 7. The molecular formula is C51H51B19. The van der Waals surface area contributed by atoms with Gasteiger partial charge in [-0.3, -0.25) is 0 Å². The molecule has 0 aliphatic heterocycles. The maximum Gasteiger partial charge on any atom is 0.113 e. The molecule has 0 spiro atoms. The second-order valence-corrected chi connectivity index (χ2v) is 20.9. The van der Waals surface area contributed by atoms with Gasteiger partial charge in [0.15, 0.2) is 0 Å². The number of hydrogen-bond acceptors (Lipinski definition) is 0. The summed E-state index contributed by atoms with van der Waals surface area (Å²) in [6, 6.07) is 0. The van der Waals surface area contributed by atoms with Gasteiger partial charge in [0.05, 0.1) is 26.7 Å². The molecule has 0 unspecified atom stereocenters. The van der Waals surface area contributed by atoms with Gasteiger partial charge in [-0.05, 0) is 266 Å². The van der Waals surface area contributed by atoms with E-state index in [2.05, 4.69) is 104 Å². The van der Waals surface area contributed by atoms with Gasteiger partial charge < -0.3 is 0 Å². The molecule has 0 saturated carbocycles. The fraction of sp³-hybridized carbons (Fsp3) is 0.333. The maximum absolute atomic E-state index is 7.54. The first-order chi connectivity index (χ1) is 32.6. The monoisotopic (exact) mass is 873 g/mol. The van der Waals surface area contributed by atoms with Crippen molar-refractivity contribution in [2.24, 2.45) is 0 Å². The molecule has 7 aromatic rings. The number of hydrogen-bond donors (Lipinski definition) is 0. The summed E-state index contributed by atoms with van der Waals surface area (Å²) >= 11 is 0. The highest BCUT2D eigenvalue weighted by Gasteiger charge is 2.37. The average molecular weight is 869 g/mol. The van der Waals surface area contributed by atoms with Gasteiger partial charge in [0.1, 0.15) is 7.85 Å². The molecule has 0 bridgehead atoms. The predicted molar refractivity (Wildman–Crippen MR) is 335 cm³/mol. The summed E-state index contributed by atoms with van der Waals surface area (Å²) in [5.74, 6) is 0. The van der Waals surface area contributed by atoms with Crippen molar-refractivity contribution >= 4 is 208 Å². The van der Waals surface area contributed by atoms with Crippen LogP contribution in [0.25, 0.3) is 65.3 Å². The van der Waals surface area contributed by atoms with Crippen molar-refractivity contribution in [3.8, 4) is 22.3 Å². The van der Waals surface area contributed by atoms with Crippen LogP contribution in [0.15, 0.2) is 0 Å². The van der Waals surface area contributed by atoms with Crippen molar-refractivity contribution in [3.05, 3.63) is 94.6 Å². The molecule has 0 aliphatic carbocycles. The maximum atomic E-state index is 7.54. The Bertz CT molecular complexity index is 3320. The Hall–Kier alpha value is -3.19. The van der Waals surface area contributed by atoms with E-state index in [9.17, 15) is 0 Å². The van der Waals surface area contributed by atoms with E-state index in [1.54, 1.807) is 0 Å². The summed E-state index contributed by atoms with van der Waals surface area (Å²) in [5, 5.41) is 8.29. The van der Waals surface area contributed by atoms with E-state index in [0.29, 0.717) is 32.6 Å². The SMILES string of the molecule is [B][B]B([B])B(B([B])[B])c1c(C)c(C)c(B([B])B([B])[B])c2c(-c3c4c(C)c(C)c(C)c(C)c4c(-c4c(C)c(C)c(C)c5c(C)c(C)c(C)c(C)c45)c4c(C)c(C)c(C)c(C)c34)c(B([B])[B])c([B][B])c([B])c12. The van der Waals surface area contributed by atoms with Crippen molar-refractivity contribution in [1.29, 1.82) is 0 Å². The first-order valence-corrected chi connectivity index (χ1v) is 24.6. The zero-order valence-electron chi connectivity index (χ0n) is 45.0. The minimum Gasteiger partial charge on any atom is -0.111 e. The van der Waals surface area contributed by atoms with Crippen molar-refractivity contribution in [2.45, 2.75) is 118 Å². The second-order valence-electron chi connectivity index (χ2n) is 20.9. The van der Waals surface area contributed by atoms with E-state index in [-0.39, 0.29) is 0 Å². The molecule has 0 atom stereocenters. The minimum absolute atomic E-state index is 0.322. The van der Waals surface area contributed by atoms with Crippen molar-refractivity contribution < 1.29 is 0 Å². The van der Waals surface area contributed by atoms with Crippen molar-refractivity contribution in [2.75, 3.05) is 0 Å². The molecule has 0 saturated heterocycles. The molecule has 0 nitrogen and oxygen atoms in total. The zero-order valence-corrected chi connectivity index (χ0v) is 45.0. The highest BCUT2D eigenvalue weighted by molar-refractivity contribution is 7.87. The Kier molecular flexibility index (Phi) is 15.3. The number of fused-ring (bicyclic) bond motifs is 4. The smallest absolute Gasteiger partial charge is 0.111 e. The largest absolute Gasteiger partial charge is 0.113 e. The molecule has 0 aliphatic rings. The van der Waals surface area contributed by atoms with Gasteiger partial charge in [0, 0.05) is 104 Å². The molecule has 0 N–H and O–H groups in total. The van der Waals surface area contributed by atoms with Crippen LogP contribution in [-0.4, -0.2) is 138 Å². The third-order valence-electron chi connectivity index (χ3n) is 17.8. The normalized spacial score (nSPS) is 11.6. The van der Waals surface area contributed by atoms with Crippen LogP contribution in [0.3, 0.4) is 0 Å². The molecule has 0 fully saturated rings. The summed E-state index contributed by atoms with van der Waals surface area (Å²) < 4.78 is 0. The molecular weight excluding hydrogens is 818 g/mol. The molecule has 0 heterocycles. The van der Waals surface area contributed by atoms with Crippen LogP contribution in [0.4, 0.5) is 0 Å². The molecule has 312 valence electrons. The lowest BCUT2D eigenvalue weighted by atomic mass is 8.68. The highest BCUT2D eigenvalue weighted by atomic mass is 14.3. The van der Waals surface area contributed by atoms with Gasteiger partial charge in [-0.2, -0.15) is 0 Å². The quantitative estimate of drug-likeness (QED) is 0.146. The first-order valence-electron chi connectivity index (χ1n) is 24.6. The molecule has 70 heavy (non-hydrogen) atoms. The van der Waals surface area contributed by atoms with E-state index >= 15 is 0 Å². The summed E-state index contributed by atoms with van der Waals surface area (Å²) in [4.78, 5) is 0. The fourth-order valence-corrected chi connectivity index (χ4v) is 12.6. The van der Waals surface area contributed by atoms with E-state index in [0.717, 1.165) is 60.4 Å². The lowest BCUT2D eigenvalue weighted by Gasteiger charge is -2.36. The van der Waals surface area contributed by atoms with Gasteiger partial charge in [-0.15, -0.1) is 5.46 Å². The Morgan fingerprint density at radius 2 is 0.657 bits per heavy atom. The second kappa shape index (κ2) is 19.6. The molecule has 0 amide bonds. The minimum atomic E-state index is -1.09. The molecule has 7 rings (SSSR count). The zero-order chi connectivity index (χ0) is 52.5.